The molecule has 0 fully saturated rings. The Hall–Kier alpha value is -2.93. The molecule has 0 aliphatic rings. The van der Waals surface area contributed by atoms with Gasteiger partial charge in [0.05, 0.1) is 17.6 Å². The van der Waals surface area contributed by atoms with E-state index in [0.717, 1.165) is 5.56 Å². The van der Waals surface area contributed by atoms with Crippen molar-refractivity contribution in [2.24, 2.45) is 0 Å². The first-order valence-corrected chi connectivity index (χ1v) is 8.42. The molecule has 26 heavy (non-hydrogen) atoms. The minimum atomic E-state index is -0.385. The number of aromatic amines is 1. The average molecular weight is 354 g/mol. The van der Waals surface area contributed by atoms with Gasteiger partial charge < -0.3 is 4.42 Å². The zero-order chi connectivity index (χ0) is 18.8. The largest absolute Gasteiger partial charge is 0.444 e. The van der Waals surface area contributed by atoms with E-state index in [4.69, 9.17) is 4.42 Å². The van der Waals surface area contributed by atoms with Gasteiger partial charge in [0.2, 0.25) is 11.8 Å². The van der Waals surface area contributed by atoms with E-state index in [1.807, 2.05) is 49.2 Å². The molecule has 3 rings (SSSR count). The van der Waals surface area contributed by atoms with Crippen molar-refractivity contribution in [3.8, 4) is 0 Å². The van der Waals surface area contributed by atoms with Crippen molar-refractivity contribution in [2.75, 3.05) is 18.9 Å². The Kier molecular flexibility index (Phi) is 4.90. The summed E-state index contributed by atoms with van der Waals surface area (Å²) in [6.45, 7) is 5.73. The summed E-state index contributed by atoms with van der Waals surface area (Å²) in [5, 5.41) is 10.0. The van der Waals surface area contributed by atoms with Crippen LogP contribution in [0.5, 0.6) is 0 Å². The number of furan rings is 1. The van der Waals surface area contributed by atoms with Crippen molar-refractivity contribution < 1.29 is 9.21 Å². The standard InChI is InChI=1S/C19H22N4O3/c1-11-16-13(3)26-19(17(16)18(25)22-21-11)20-15(24)10-23(4)12(2)14-8-6-5-7-9-14/h5-9,12H,10H2,1-4H3,(H,20,24)(H,22,25)/t12-/m0/s1. The number of carbonyl (C=O) groups is 1. The molecule has 0 aliphatic carbocycles. The first kappa shape index (κ1) is 17.9. The molecule has 136 valence electrons. The summed E-state index contributed by atoms with van der Waals surface area (Å²) in [7, 11) is 1.88. The number of anilines is 1. The molecule has 7 nitrogen and oxygen atoms in total. The zero-order valence-corrected chi connectivity index (χ0v) is 15.3. The lowest BCUT2D eigenvalue weighted by Gasteiger charge is -2.24. The van der Waals surface area contributed by atoms with Crippen LogP contribution >= 0.6 is 0 Å². The van der Waals surface area contributed by atoms with Gasteiger partial charge in [-0.15, -0.1) is 0 Å². The third kappa shape index (κ3) is 3.39. The van der Waals surface area contributed by atoms with Gasteiger partial charge in [0.1, 0.15) is 11.1 Å². The van der Waals surface area contributed by atoms with Crippen molar-refractivity contribution >= 4 is 22.6 Å². The highest BCUT2D eigenvalue weighted by molar-refractivity contribution is 6.01. The molecule has 2 N–H and O–H groups in total. The Morgan fingerprint density at radius 2 is 1.96 bits per heavy atom. The van der Waals surface area contributed by atoms with E-state index in [9.17, 15) is 9.59 Å². The van der Waals surface area contributed by atoms with Crippen LogP contribution in [0.2, 0.25) is 0 Å². The molecule has 0 saturated heterocycles. The van der Waals surface area contributed by atoms with Crippen LogP contribution in [0, 0.1) is 13.8 Å². The molecule has 0 spiro atoms. The molecule has 2 aromatic heterocycles. The minimum absolute atomic E-state index is 0.0758. The summed E-state index contributed by atoms with van der Waals surface area (Å²) < 4.78 is 5.61. The predicted molar refractivity (Wildman–Crippen MR) is 100 cm³/mol. The van der Waals surface area contributed by atoms with E-state index in [1.54, 1.807) is 13.8 Å². The molecule has 0 bridgehead atoms. The molecule has 2 heterocycles. The topological polar surface area (TPSA) is 91.2 Å². The molecule has 0 radical (unpaired) electrons. The van der Waals surface area contributed by atoms with Gasteiger partial charge in [-0.05, 0) is 33.4 Å². The minimum Gasteiger partial charge on any atom is -0.444 e. The van der Waals surface area contributed by atoms with Gasteiger partial charge >= 0.3 is 0 Å². The third-order valence-corrected chi connectivity index (χ3v) is 4.59. The second kappa shape index (κ2) is 7.13. The summed E-state index contributed by atoms with van der Waals surface area (Å²) in [4.78, 5) is 26.5. The van der Waals surface area contributed by atoms with Crippen LogP contribution in [0.1, 0.15) is 30.0 Å². The fraction of sp³-hybridized carbons (Fsp3) is 0.316. The summed E-state index contributed by atoms with van der Waals surface area (Å²) in [5.74, 6) is 0.465. The number of hydrogen-bond acceptors (Lipinski definition) is 5. The van der Waals surface area contributed by atoms with Gasteiger partial charge in [0.15, 0.2) is 0 Å². The third-order valence-electron chi connectivity index (χ3n) is 4.59. The van der Waals surface area contributed by atoms with E-state index in [2.05, 4.69) is 15.5 Å². The van der Waals surface area contributed by atoms with Crippen LogP contribution in [-0.4, -0.2) is 34.6 Å². The summed E-state index contributed by atoms with van der Waals surface area (Å²) >= 11 is 0. The van der Waals surface area contributed by atoms with Gasteiger partial charge in [-0.2, -0.15) is 5.10 Å². The van der Waals surface area contributed by atoms with Crippen molar-refractivity contribution in [1.82, 2.24) is 15.1 Å². The molecule has 7 heteroatoms. The Morgan fingerprint density at radius 3 is 2.65 bits per heavy atom. The van der Waals surface area contributed by atoms with E-state index in [-0.39, 0.29) is 29.9 Å². The monoisotopic (exact) mass is 354 g/mol. The highest BCUT2D eigenvalue weighted by Gasteiger charge is 2.20. The van der Waals surface area contributed by atoms with Crippen molar-refractivity contribution in [1.29, 1.82) is 0 Å². The number of fused-ring (bicyclic) bond motifs is 1. The van der Waals surface area contributed by atoms with Crippen LogP contribution in [0.4, 0.5) is 5.88 Å². The molecular formula is C19H22N4O3. The van der Waals surface area contributed by atoms with Gasteiger partial charge in [0, 0.05) is 6.04 Å². The SMILES string of the molecule is Cc1n[nH]c(=O)c2c(NC(=O)CN(C)[C@@H](C)c3ccccc3)oc(C)c12. The molecule has 1 amide bonds. The van der Waals surface area contributed by atoms with Gasteiger partial charge in [-0.25, -0.2) is 5.10 Å². The molecule has 1 aromatic carbocycles. The number of nitrogens with one attached hydrogen (secondary N) is 2. The number of H-pyrrole nitrogens is 1. The fourth-order valence-corrected chi connectivity index (χ4v) is 3.05. The molecule has 0 saturated carbocycles. The van der Waals surface area contributed by atoms with Crippen LogP contribution in [0.15, 0.2) is 39.5 Å². The number of carbonyl (C=O) groups excluding carboxylic acids is 1. The Labute approximate surface area is 151 Å². The maximum absolute atomic E-state index is 12.5. The average Bonchev–Trinajstić information content (AvgIpc) is 2.95. The van der Waals surface area contributed by atoms with Crippen LogP contribution < -0.4 is 10.9 Å². The number of aromatic nitrogens is 2. The molecule has 1 atom stereocenters. The predicted octanol–water partition coefficient (Wildman–Crippen LogP) is 2.76. The molecule has 0 aliphatic heterocycles. The van der Waals surface area contributed by atoms with Gasteiger partial charge in [0.25, 0.3) is 5.56 Å². The molecule has 0 unspecified atom stereocenters. The van der Waals surface area contributed by atoms with E-state index >= 15 is 0 Å². The Balaban J connectivity index is 1.78. The summed E-state index contributed by atoms with van der Waals surface area (Å²) in [6.07, 6.45) is 0. The van der Waals surface area contributed by atoms with E-state index < -0.39 is 0 Å². The summed E-state index contributed by atoms with van der Waals surface area (Å²) in [5.41, 5.74) is 1.39. The zero-order valence-electron chi connectivity index (χ0n) is 15.3. The van der Waals surface area contributed by atoms with Crippen LogP contribution in [0.25, 0.3) is 10.8 Å². The number of rotatable bonds is 5. The lowest BCUT2D eigenvalue weighted by atomic mass is 10.1. The Bertz CT molecular complexity index is 991. The highest BCUT2D eigenvalue weighted by Crippen LogP contribution is 2.28. The quantitative estimate of drug-likeness (QED) is 0.735. The second-order valence-corrected chi connectivity index (χ2v) is 6.43. The Morgan fingerprint density at radius 1 is 1.27 bits per heavy atom. The normalized spacial score (nSPS) is 12.5. The van der Waals surface area contributed by atoms with Crippen molar-refractivity contribution in [3.63, 3.8) is 0 Å². The number of benzene rings is 1. The number of nitrogens with zero attached hydrogens (tertiary/aromatic N) is 2. The van der Waals surface area contributed by atoms with E-state index in [0.29, 0.717) is 22.2 Å². The van der Waals surface area contributed by atoms with E-state index in [1.165, 1.54) is 0 Å². The van der Waals surface area contributed by atoms with Crippen molar-refractivity contribution in [3.05, 3.63) is 57.7 Å². The van der Waals surface area contributed by atoms with Gasteiger partial charge in [-0.1, -0.05) is 30.3 Å². The maximum atomic E-state index is 12.5. The molecular weight excluding hydrogens is 332 g/mol. The maximum Gasteiger partial charge on any atom is 0.277 e. The number of aryl methyl sites for hydroxylation is 2. The number of hydrogen-bond donors (Lipinski definition) is 2. The first-order valence-electron chi connectivity index (χ1n) is 8.42. The highest BCUT2D eigenvalue weighted by atomic mass is 16.4. The second-order valence-electron chi connectivity index (χ2n) is 6.43. The van der Waals surface area contributed by atoms with Gasteiger partial charge in [-0.3, -0.25) is 19.8 Å². The molecule has 3 aromatic rings. The van der Waals surface area contributed by atoms with Crippen molar-refractivity contribution in [2.45, 2.75) is 26.8 Å². The lowest BCUT2D eigenvalue weighted by Crippen LogP contribution is -2.32. The number of likely N-dealkylation sites (N-methyl/N-ethyl adjacent to an activating group) is 1. The fourth-order valence-electron chi connectivity index (χ4n) is 3.05. The lowest BCUT2D eigenvalue weighted by molar-refractivity contribution is -0.117. The smallest absolute Gasteiger partial charge is 0.277 e. The van der Waals surface area contributed by atoms with Crippen LogP contribution in [-0.2, 0) is 4.79 Å². The number of amides is 1. The first-order chi connectivity index (χ1) is 12.4. The summed E-state index contributed by atoms with van der Waals surface area (Å²) in [6, 6.07) is 10.0. The van der Waals surface area contributed by atoms with Crippen LogP contribution in [0.3, 0.4) is 0 Å².